The predicted molar refractivity (Wildman–Crippen MR) is 157 cm³/mol. The molecule has 0 aliphatic rings. The Morgan fingerprint density at radius 1 is 0.875 bits per heavy atom. The molecular formula is C33H25N3O4. The number of ether oxygens (including phenoxy) is 2. The minimum atomic E-state index is -0.423. The van der Waals surface area contributed by atoms with Crippen LogP contribution in [0, 0.1) is 0 Å². The van der Waals surface area contributed by atoms with Gasteiger partial charge < -0.3 is 19.8 Å². The average Bonchev–Trinajstić information content (AvgIpc) is 3.37. The second-order valence-corrected chi connectivity index (χ2v) is 9.28. The summed E-state index contributed by atoms with van der Waals surface area (Å²) in [6, 6.07) is 30.3. The summed E-state index contributed by atoms with van der Waals surface area (Å²) in [7, 11) is 1.34. The van der Waals surface area contributed by atoms with Crippen molar-refractivity contribution in [2.45, 2.75) is 0 Å². The van der Waals surface area contributed by atoms with Gasteiger partial charge in [0, 0.05) is 33.9 Å². The molecule has 6 aromatic rings. The number of fused-ring (bicyclic) bond motifs is 4. The minimum absolute atomic E-state index is 0.0223. The lowest BCUT2D eigenvalue weighted by molar-refractivity contribution is -0.113. The van der Waals surface area contributed by atoms with Crippen molar-refractivity contribution in [2.75, 3.05) is 19.0 Å². The van der Waals surface area contributed by atoms with Crippen LogP contribution in [0.1, 0.15) is 15.9 Å². The molecule has 0 spiro atoms. The fraction of sp³-hybridized carbons (Fsp3) is 0.0606. The van der Waals surface area contributed by atoms with Crippen LogP contribution >= 0.6 is 0 Å². The Balaban J connectivity index is 1.30. The first-order chi connectivity index (χ1) is 19.6. The fourth-order valence-corrected chi connectivity index (χ4v) is 4.70. The van der Waals surface area contributed by atoms with E-state index in [0.29, 0.717) is 28.1 Å². The number of rotatable bonds is 7. The number of hydrogen-bond donors (Lipinski definition) is 2. The Kier molecular flexibility index (Phi) is 6.68. The number of H-pyrrole nitrogens is 1. The van der Waals surface area contributed by atoms with E-state index in [2.05, 4.69) is 21.4 Å². The van der Waals surface area contributed by atoms with E-state index in [1.165, 1.54) is 7.11 Å². The van der Waals surface area contributed by atoms with Crippen LogP contribution < -0.4 is 10.1 Å². The summed E-state index contributed by atoms with van der Waals surface area (Å²) in [5.74, 6) is -0.111. The number of carbonyl (C=O) groups is 2. The first kappa shape index (κ1) is 24.9. The largest absolute Gasteiger partial charge is 0.489 e. The third-order valence-corrected chi connectivity index (χ3v) is 6.72. The van der Waals surface area contributed by atoms with Crippen molar-refractivity contribution in [1.82, 2.24) is 9.97 Å². The topological polar surface area (TPSA) is 93.3 Å². The van der Waals surface area contributed by atoms with Gasteiger partial charge in [0.05, 0.1) is 35.0 Å². The number of pyridine rings is 1. The summed E-state index contributed by atoms with van der Waals surface area (Å²) in [6.45, 7) is 0.0223. The number of aromatic nitrogens is 2. The van der Waals surface area contributed by atoms with E-state index in [0.717, 1.165) is 32.8 Å². The van der Waals surface area contributed by atoms with Crippen molar-refractivity contribution < 1.29 is 19.1 Å². The highest BCUT2D eigenvalue weighted by Gasteiger charge is 2.15. The van der Waals surface area contributed by atoms with Crippen molar-refractivity contribution in [1.29, 1.82) is 0 Å². The van der Waals surface area contributed by atoms with Crippen molar-refractivity contribution in [2.24, 2.45) is 0 Å². The molecule has 2 aromatic heterocycles. The number of methoxy groups -OCH3 is 1. The summed E-state index contributed by atoms with van der Waals surface area (Å²) in [5.41, 5.74) is 4.87. The Labute approximate surface area is 230 Å². The molecule has 2 heterocycles. The molecule has 0 unspecified atom stereocenters. The van der Waals surface area contributed by atoms with Crippen LogP contribution in [0.25, 0.3) is 38.8 Å². The Hall–Kier alpha value is -5.43. The fourth-order valence-electron chi connectivity index (χ4n) is 4.70. The van der Waals surface area contributed by atoms with E-state index >= 15 is 0 Å². The van der Waals surface area contributed by atoms with Gasteiger partial charge in [-0.2, -0.15) is 0 Å². The zero-order chi connectivity index (χ0) is 27.5. The Morgan fingerprint density at radius 3 is 2.52 bits per heavy atom. The summed E-state index contributed by atoms with van der Waals surface area (Å²) >= 11 is 0. The van der Waals surface area contributed by atoms with E-state index in [4.69, 9.17) is 9.47 Å². The van der Waals surface area contributed by atoms with Gasteiger partial charge >= 0.3 is 5.97 Å². The second kappa shape index (κ2) is 10.7. The summed E-state index contributed by atoms with van der Waals surface area (Å²) in [4.78, 5) is 33.3. The number of amides is 1. The van der Waals surface area contributed by atoms with Crippen LogP contribution in [0.3, 0.4) is 0 Å². The third kappa shape index (κ3) is 5.00. The molecule has 4 aromatic carbocycles. The molecular weight excluding hydrogens is 502 g/mol. The van der Waals surface area contributed by atoms with Gasteiger partial charge in [-0.3, -0.25) is 9.78 Å². The molecule has 0 aliphatic heterocycles. The molecule has 0 bridgehead atoms. The van der Waals surface area contributed by atoms with Crippen LogP contribution in [0.5, 0.6) is 5.75 Å². The van der Waals surface area contributed by atoms with Gasteiger partial charge in [-0.1, -0.05) is 48.5 Å². The number of aromatic amines is 1. The van der Waals surface area contributed by atoms with E-state index in [1.807, 2.05) is 66.7 Å². The SMILES string of the molecule is COC(=O)c1ccc(C=C(COc2ccc3c(c2)[nH]c2ccccc23)C(=O)Nc2cccc3cccnc23)cc1. The van der Waals surface area contributed by atoms with Crippen LogP contribution in [-0.2, 0) is 9.53 Å². The van der Waals surface area contributed by atoms with Crippen molar-refractivity contribution in [3.05, 3.63) is 120 Å². The number of carbonyl (C=O) groups excluding carboxylic acids is 2. The van der Waals surface area contributed by atoms with E-state index in [1.54, 1.807) is 36.5 Å². The first-order valence-electron chi connectivity index (χ1n) is 12.8. The van der Waals surface area contributed by atoms with Crippen LogP contribution in [0.4, 0.5) is 5.69 Å². The monoisotopic (exact) mass is 527 g/mol. The summed E-state index contributed by atoms with van der Waals surface area (Å²) < 4.78 is 10.9. The highest BCUT2D eigenvalue weighted by Crippen LogP contribution is 2.29. The molecule has 0 atom stereocenters. The molecule has 0 fully saturated rings. The molecule has 0 radical (unpaired) electrons. The number of nitrogens with zero attached hydrogens (tertiary/aromatic N) is 1. The van der Waals surface area contributed by atoms with Crippen molar-refractivity contribution >= 4 is 56.3 Å². The number of nitrogens with one attached hydrogen (secondary N) is 2. The molecule has 7 heteroatoms. The average molecular weight is 528 g/mol. The van der Waals surface area contributed by atoms with Crippen LogP contribution in [0.15, 0.2) is 109 Å². The van der Waals surface area contributed by atoms with Crippen LogP contribution in [0.2, 0.25) is 0 Å². The summed E-state index contributed by atoms with van der Waals surface area (Å²) in [6.07, 6.45) is 3.44. The van der Waals surface area contributed by atoms with Gasteiger partial charge in [-0.25, -0.2) is 4.79 Å². The lowest BCUT2D eigenvalue weighted by Crippen LogP contribution is -2.19. The lowest BCUT2D eigenvalue weighted by Gasteiger charge is -2.13. The van der Waals surface area contributed by atoms with Gasteiger partial charge in [-0.15, -0.1) is 0 Å². The van der Waals surface area contributed by atoms with Gasteiger partial charge in [0.2, 0.25) is 0 Å². The quantitative estimate of drug-likeness (QED) is 0.177. The lowest BCUT2D eigenvalue weighted by atomic mass is 10.1. The van der Waals surface area contributed by atoms with E-state index in [9.17, 15) is 9.59 Å². The standard InChI is InChI=1S/C33H25N3O4/c1-39-33(38)23-13-11-21(12-14-23)18-24(32(37)36-29-10-4-6-22-7-5-17-34-31(22)29)20-40-25-15-16-27-26-8-2-3-9-28(26)35-30(27)19-25/h2-19,35H,20H2,1H3,(H,36,37). The van der Waals surface area contributed by atoms with Crippen molar-refractivity contribution in [3.63, 3.8) is 0 Å². The second-order valence-electron chi connectivity index (χ2n) is 9.28. The Morgan fingerprint density at radius 2 is 1.68 bits per heavy atom. The summed E-state index contributed by atoms with van der Waals surface area (Å²) in [5, 5.41) is 6.17. The van der Waals surface area contributed by atoms with E-state index in [-0.39, 0.29) is 12.5 Å². The molecule has 2 N–H and O–H groups in total. The molecule has 0 saturated carbocycles. The molecule has 7 nitrogen and oxygen atoms in total. The molecule has 6 rings (SSSR count). The molecule has 0 saturated heterocycles. The van der Waals surface area contributed by atoms with Crippen LogP contribution in [-0.4, -0.2) is 35.6 Å². The molecule has 196 valence electrons. The Bertz CT molecular complexity index is 1900. The smallest absolute Gasteiger partial charge is 0.337 e. The zero-order valence-electron chi connectivity index (χ0n) is 21.7. The number of para-hydroxylation sites is 2. The molecule has 40 heavy (non-hydrogen) atoms. The van der Waals surface area contributed by atoms with Gasteiger partial charge in [-0.05, 0) is 54.1 Å². The highest BCUT2D eigenvalue weighted by molar-refractivity contribution is 6.10. The van der Waals surface area contributed by atoms with Gasteiger partial charge in [0.15, 0.2) is 0 Å². The number of anilines is 1. The normalized spacial score (nSPS) is 11.6. The van der Waals surface area contributed by atoms with Crippen molar-refractivity contribution in [3.8, 4) is 5.75 Å². The maximum Gasteiger partial charge on any atom is 0.337 e. The minimum Gasteiger partial charge on any atom is -0.489 e. The molecule has 1 amide bonds. The number of benzene rings is 4. The number of hydrogen-bond acceptors (Lipinski definition) is 5. The predicted octanol–water partition coefficient (Wildman–Crippen LogP) is 6.76. The maximum atomic E-state index is 13.6. The third-order valence-electron chi connectivity index (χ3n) is 6.72. The first-order valence-corrected chi connectivity index (χ1v) is 12.8. The van der Waals surface area contributed by atoms with Gasteiger partial charge in [0.25, 0.3) is 5.91 Å². The molecule has 0 aliphatic carbocycles. The highest BCUT2D eigenvalue weighted by atomic mass is 16.5. The maximum absolute atomic E-state index is 13.6. The van der Waals surface area contributed by atoms with E-state index < -0.39 is 5.97 Å². The zero-order valence-corrected chi connectivity index (χ0v) is 21.7. The van der Waals surface area contributed by atoms with Gasteiger partial charge in [0.1, 0.15) is 12.4 Å². The number of esters is 1.